The van der Waals surface area contributed by atoms with Gasteiger partial charge >= 0.3 is 6.09 Å². The summed E-state index contributed by atoms with van der Waals surface area (Å²) in [6.45, 7) is 74.6. The highest BCUT2D eigenvalue weighted by Gasteiger charge is 2.44. The number of fused-ring (bicyclic) bond motifs is 3. The van der Waals surface area contributed by atoms with Crippen molar-refractivity contribution in [1.29, 1.82) is 8.12 Å². The molecule has 794 valence electrons. The number of aliphatic hydroxyl groups excluding tert-OH is 6. The molecule has 3 aliphatic rings. The number of hydrogen-bond donors (Lipinski definition) is 8. The topological polar surface area (TPSA) is 328 Å². The number of hydrogen-bond acceptors (Lipinski definition) is 24. The fraction of sp³-hybridized carbons (Fsp3) is 0.827. The Kier molecular flexibility index (Phi) is 80.5. The van der Waals surface area contributed by atoms with Gasteiger partial charge in [-0.05, 0) is 276 Å². The first-order valence-electron chi connectivity index (χ1n) is 52.6. The highest BCUT2D eigenvalue weighted by atomic mass is 79.9. The zero-order valence-electron chi connectivity index (χ0n) is 95.5. The molecular formula is C104H204BrClN10O15P4. The first-order chi connectivity index (χ1) is 65.2. The van der Waals surface area contributed by atoms with Crippen molar-refractivity contribution < 1.29 is 76.1 Å². The van der Waals surface area contributed by atoms with E-state index in [-0.39, 0.29) is 98.0 Å². The molecule has 9 atom stereocenters. The quantitative estimate of drug-likeness (QED) is 0.0173. The van der Waals surface area contributed by atoms with Gasteiger partial charge in [0, 0.05) is 156 Å². The summed E-state index contributed by atoms with van der Waals surface area (Å²) in [6, 6.07) is 24.2. The van der Waals surface area contributed by atoms with Gasteiger partial charge in [0.05, 0.1) is 60.4 Å². The lowest BCUT2D eigenvalue weighted by molar-refractivity contribution is -0.120. The molecule has 0 aromatic heterocycles. The van der Waals surface area contributed by atoms with Crippen molar-refractivity contribution in [2.45, 2.75) is 485 Å². The van der Waals surface area contributed by atoms with Crippen LogP contribution in [-0.4, -0.2) is 294 Å². The van der Waals surface area contributed by atoms with Gasteiger partial charge in [-0.3, -0.25) is 51.9 Å². The van der Waals surface area contributed by atoms with Crippen molar-refractivity contribution in [2.24, 2.45) is 11.7 Å². The van der Waals surface area contributed by atoms with Gasteiger partial charge in [-0.2, -0.15) is 5.26 Å². The van der Waals surface area contributed by atoms with E-state index in [0.29, 0.717) is 110 Å². The number of alkyl carbamates (subject to hydrolysis) is 1. The maximum absolute atomic E-state index is 12.7. The molecule has 2 aliphatic heterocycles. The lowest BCUT2D eigenvalue weighted by Gasteiger charge is -2.47. The predicted octanol–water partition coefficient (Wildman–Crippen LogP) is 23.7. The Bertz CT molecular complexity index is 3270. The largest absolute Gasteiger partial charge is 0.449 e. The van der Waals surface area contributed by atoms with Crippen LogP contribution in [0.2, 0.25) is 0 Å². The summed E-state index contributed by atoms with van der Waals surface area (Å²) < 4.78 is 66.1. The molecule has 25 nitrogen and oxygen atoms in total. The second-order valence-corrected chi connectivity index (χ2v) is 47.1. The van der Waals surface area contributed by atoms with Crippen molar-refractivity contribution in [3.05, 3.63) is 59.7 Å². The minimum absolute atomic E-state index is 0.0456. The summed E-state index contributed by atoms with van der Waals surface area (Å²) in [4.78, 5) is 59.1. The van der Waals surface area contributed by atoms with E-state index in [1.807, 2.05) is 32.9 Å². The Hall–Kier alpha value is -2.31. The molecule has 0 bridgehead atoms. The summed E-state index contributed by atoms with van der Waals surface area (Å²) in [6.07, 6.45) is 15.8. The van der Waals surface area contributed by atoms with E-state index in [1.54, 1.807) is 6.07 Å². The van der Waals surface area contributed by atoms with Crippen LogP contribution in [0.5, 0.6) is 0 Å². The number of nitrogens with zero attached hydrogens (tertiary/aromatic N) is 8. The Labute approximate surface area is 850 Å². The molecule has 1 amide bonds. The molecule has 9 N–H and O–H groups in total. The van der Waals surface area contributed by atoms with Crippen LogP contribution in [0, 0.1) is 17.2 Å². The van der Waals surface area contributed by atoms with E-state index >= 15 is 0 Å². The van der Waals surface area contributed by atoms with E-state index in [9.17, 15) is 34.2 Å². The Balaban J connectivity index is -0.000000509. The minimum atomic E-state index is -1.20. The van der Waals surface area contributed by atoms with E-state index in [4.69, 9.17) is 56.8 Å². The predicted molar refractivity (Wildman–Crippen MR) is 582 cm³/mol. The molecule has 2 saturated heterocycles. The molecule has 2 aromatic carbocycles. The molecule has 0 radical (unpaired) electrons. The van der Waals surface area contributed by atoms with Crippen LogP contribution in [0.15, 0.2) is 48.5 Å². The normalized spacial score (nSPS) is 18.0. The third kappa shape index (κ3) is 57.3. The zero-order valence-corrected chi connectivity index (χ0v) is 97.4. The van der Waals surface area contributed by atoms with Crippen LogP contribution in [0.1, 0.15) is 372 Å². The van der Waals surface area contributed by atoms with Crippen molar-refractivity contribution >= 4 is 88.7 Å². The molecule has 2 aromatic rings. The first-order valence-corrected chi connectivity index (χ1v) is 57.9. The van der Waals surface area contributed by atoms with Crippen LogP contribution < -0.4 is 11.1 Å². The van der Waals surface area contributed by atoms with E-state index in [2.05, 4.69) is 308 Å². The number of alkyl halides is 1. The number of rotatable bonds is 52. The summed E-state index contributed by atoms with van der Waals surface area (Å²) in [5.74, 6) is 0.736. The van der Waals surface area contributed by atoms with Crippen LogP contribution in [-0.2, 0) is 37.9 Å². The standard InChI is InChI=1S/C21H26N2O2.C21H45N2OP.C21H42NO4P.C15H33N2O2P.C12H28ClN2P.C7H14O2.C3H5BrO2.C2H3N.2CH4O/c22-13-7-1-2-8-14-23-21(24)25-15-20-18-11-5-3-9-16(18)17-10-4-6-12-19(17)20;1-10-11-12-13-14-15-21(24)16-25(22(17(2)3)18(4)5)23(19(6)7)20(8)9;1-8-9-10-11-12-13-19(23)14-27(22(15(2)3)16(4)5)26-21-18(7)25-17(6)20(21)24;1-11(2)16(12(3)4)20(10-15(19)9-18)17(13(5)6)14(7)8;1-9(2)14(10(3)4)16(13)15(11(5)6)12(7)8;1-4-5(2)9-6(3)7(4)8;4-1-3(6)2-5;1-2-3;2*1-2/h3-6,9-12,20H,1-2,7-8,13-15,22H2,(H,23,24);17-20H,10-16H2,1-9H3;15-18,20-21,24H,8-14H2,1-7H3;11-14,18H,9-10H2,1-8H3;9-12H,1-8H3;4-8H,1-3H3;5H,1-2H2;1H3;2*2H,1H3/t;;17-,18+,20-,21+,27?;;;4-,5-,6+,7-;;;;/m..0..0..../s1/i;;7D;;;3D;;;2*2T. The number of amides is 1. The minimum Gasteiger partial charge on any atom is -0.449 e. The summed E-state index contributed by atoms with van der Waals surface area (Å²) in [5.41, 5.74) is 10.4. The molecule has 2 heterocycles. The smallest absolute Gasteiger partial charge is 0.407 e. The van der Waals surface area contributed by atoms with Gasteiger partial charge in [-0.25, -0.2) is 4.79 Å². The summed E-state index contributed by atoms with van der Waals surface area (Å²) >= 11 is 9.57. The van der Waals surface area contributed by atoms with Gasteiger partial charge in [0.1, 0.15) is 59.5 Å². The molecule has 1 unspecified atom stereocenters. The number of ether oxygens (including phenoxy) is 3. The van der Waals surface area contributed by atoms with Crippen molar-refractivity contribution in [2.75, 3.05) is 70.9 Å². The van der Waals surface area contributed by atoms with Crippen LogP contribution in [0.25, 0.3) is 11.1 Å². The van der Waals surface area contributed by atoms with Gasteiger partial charge in [0.2, 0.25) is 2.86 Å². The SMILES string of the molecule is CC#N.CC(C)N(C(C)C)P(CC(=O)CO)N(C(C)C)C(C)C.CC(C)N(C(C)C)P(Cl)N(C(C)C)C(C)C.CCCCCCCC(=O)CP(N(C(C)C)C(C)C)N(C(C)C)C(C)C.NCCCCCCNC(=O)OCC1c2ccccc2-c2ccccc21.O=C(CO)CBr.[2H]C[C@H]1O[C@@H](C)[C@H](C)[C@@H]1O.[2H]C[C@H]1O[C@@H](C)[C@H](O)[C@@H]1OP(CC(=O)CCCCCCC)N(C(C)C)C(C)C.[3H]OC.[3H]OC. The number of nitriles is 1. The average molecular weight is 2080 g/mol. The van der Waals surface area contributed by atoms with E-state index in [0.717, 1.165) is 64.1 Å². The second-order valence-electron chi connectivity index (χ2n) is 38.6. The second kappa shape index (κ2) is 81.9. The first kappa shape index (κ1) is 133. The number of Topliss-reactive ketones (excluding diaryl/α,β-unsaturated/α-hetero) is 4. The van der Waals surface area contributed by atoms with Crippen LogP contribution >= 0.6 is 59.5 Å². The fourth-order valence-corrected chi connectivity index (χ4v) is 29.5. The fourth-order valence-electron chi connectivity index (χ4n) is 16.8. The highest BCUT2D eigenvalue weighted by molar-refractivity contribution is 9.09. The molecule has 2 fully saturated rings. The van der Waals surface area contributed by atoms with E-state index < -0.39 is 56.7 Å². The number of aliphatic hydroxyl groups is 6. The van der Waals surface area contributed by atoms with Crippen LogP contribution in [0.4, 0.5) is 4.79 Å². The highest BCUT2D eigenvalue weighted by Crippen LogP contribution is 2.55. The van der Waals surface area contributed by atoms with Crippen molar-refractivity contribution in [3.8, 4) is 17.2 Å². The van der Waals surface area contributed by atoms with Gasteiger partial charge < -0.3 is 60.4 Å². The number of carbonyl (C=O) groups is 5. The molecule has 0 spiro atoms. The maximum Gasteiger partial charge on any atom is 0.407 e. The summed E-state index contributed by atoms with van der Waals surface area (Å²) in [5, 5.41) is 54.4. The molecule has 5 rings (SSSR count). The third-order valence-electron chi connectivity index (χ3n) is 22.3. The molecule has 0 saturated carbocycles. The number of nitrogens with two attached hydrogens (primary N) is 1. The Morgan fingerprint density at radius 1 is 0.496 bits per heavy atom. The lowest BCUT2D eigenvalue weighted by atomic mass is 9.98. The molecule has 1 aliphatic carbocycles. The lowest BCUT2D eigenvalue weighted by Crippen LogP contribution is -2.44. The number of halogens is 2. The van der Waals surface area contributed by atoms with Gasteiger partial charge in [0.25, 0.3) is 0 Å². The zero-order chi connectivity index (χ0) is 108. The number of carbonyl (C=O) groups excluding carboxylic acids is 5. The van der Waals surface area contributed by atoms with Gasteiger partial charge in [-0.15, -0.1) is 0 Å². The number of benzene rings is 2. The Morgan fingerprint density at radius 3 is 1.13 bits per heavy atom. The molecular weight excluding hydrogens is 1870 g/mol. The summed E-state index contributed by atoms with van der Waals surface area (Å²) in [7, 11) is -0.670. The number of nitrogens with one attached hydrogen (secondary N) is 1. The van der Waals surface area contributed by atoms with Gasteiger partial charge in [0.15, 0.2) is 11.6 Å². The molecule has 135 heavy (non-hydrogen) atoms. The van der Waals surface area contributed by atoms with E-state index in [1.165, 1.54) is 88.3 Å². The van der Waals surface area contributed by atoms with Gasteiger partial charge in [-0.1, -0.05) is 161 Å². The van der Waals surface area contributed by atoms with Crippen molar-refractivity contribution in [3.63, 3.8) is 0 Å². The third-order valence-corrected chi connectivity index (χ3v) is 36.2. The maximum atomic E-state index is 12.7. The number of unbranched alkanes of at least 4 members (excludes halogenated alkanes) is 11. The Morgan fingerprint density at radius 2 is 0.822 bits per heavy atom. The van der Waals surface area contributed by atoms with Crippen LogP contribution in [0.3, 0.4) is 0 Å². The van der Waals surface area contributed by atoms with Crippen molar-refractivity contribution in [1.82, 2.24) is 38.0 Å². The number of ketones is 4. The molecule has 31 heteroatoms. The monoisotopic (exact) mass is 2080 g/mol. The average Bonchev–Trinajstić information content (AvgIpc) is 1.61.